The molecule has 0 fully saturated rings. The number of carbonyl (C=O) groups excluding carboxylic acids is 2. The molecule has 0 radical (unpaired) electrons. The molecular weight excluding hydrogens is 418 g/mol. The topological polar surface area (TPSA) is 76.1 Å². The van der Waals surface area contributed by atoms with E-state index in [-0.39, 0.29) is 18.7 Å². The summed E-state index contributed by atoms with van der Waals surface area (Å²) in [4.78, 5) is 27.4. The van der Waals surface area contributed by atoms with Crippen LogP contribution in [-0.4, -0.2) is 48.6 Å². The van der Waals surface area contributed by atoms with Crippen LogP contribution in [0.2, 0.25) is 0 Å². The Morgan fingerprint density at radius 1 is 1.06 bits per heavy atom. The van der Waals surface area contributed by atoms with Gasteiger partial charge in [-0.2, -0.15) is 0 Å². The zero-order chi connectivity index (χ0) is 23.6. The van der Waals surface area contributed by atoms with Gasteiger partial charge in [-0.05, 0) is 35.8 Å². The van der Waals surface area contributed by atoms with E-state index in [0.717, 1.165) is 36.1 Å². The van der Waals surface area contributed by atoms with Crippen LogP contribution >= 0.6 is 0 Å². The summed E-state index contributed by atoms with van der Waals surface area (Å²) in [5.74, 6) is -0.769. The van der Waals surface area contributed by atoms with E-state index in [1.54, 1.807) is 13.2 Å². The molecule has 1 heterocycles. The maximum atomic E-state index is 13.1. The van der Waals surface area contributed by atoms with E-state index in [0.29, 0.717) is 6.61 Å². The molecule has 6 nitrogen and oxygen atoms in total. The Morgan fingerprint density at radius 2 is 1.79 bits per heavy atom. The first-order chi connectivity index (χ1) is 16.1. The second-order valence-electron chi connectivity index (χ2n) is 7.89. The molecule has 3 rings (SSSR count). The first-order valence-corrected chi connectivity index (χ1v) is 11.3. The third-order valence-electron chi connectivity index (χ3n) is 5.54. The van der Waals surface area contributed by atoms with Crippen LogP contribution in [-0.2, 0) is 14.3 Å². The Labute approximate surface area is 195 Å². The SMILES string of the molecule is CCCCCOc1ccc(C2C(C(=O)C=Cc3ccccc3)=C(O)C(=O)N2CCOC)cc1. The summed E-state index contributed by atoms with van der Waals surface area (Å²) in [5.41, 5.74) is 1.65. The minimum absolute atomic E-state index is 0.0694. The molecule has 0 spiro atoms. The fourth-order valence-corrected chi connectivity index (χ4v) is 3.79. The lowest BCUT2D eigenvalue weighted by Crippen LogP contribution is -2.33. The van der Waals surface area contributed by atoms with Gasteiger partial charge in [0, 0.05) is 13.7 Å². The number of hydrogen-bond donors (Lipinski definition) is 1. The lowest BCUT2D eigenvalue weighted by molar-refractivity contribution is -0.130. The van der Waals surface area contributed by atoms with Gasteiger partial charge in [0.1, 0.15) is 5.75 Å². The molecule has 0 aliphatic carbocycles. The van der Waals surface area contributed by atoms with Crippen LogP contribution in [0.5, 0.6) is 5.75 Å². The molecule has 1 unspecified atom stereocenters. The van der Waals surface area contributed by atoms with Crippen LogP contribution in [0.3, 0.4) is 0 Å². The highest BCUT2D eigenvalue weighted by molar-refractivity contribution is 6.14. The molecule has 2 aromatic rings. The standard InChI is InChI=1S/C27H31NO5/c1-3-4-8-18-33-22-14-12-21(13-15-22)25-24(26(30)27(31)28(25)17-19-32-2)23(29)16-11-20-9-6-5-7-10-20/h5-7,9-16,25,30H,3-4,8,17-19H2,1-2H3. The normalized spacial score (nSPS) is 16.1. The van der Waals surface area contributed by atoms with Gasteiger partial charge < -0.3 is 19.5 Å². The van der Waals surface area contributed by atoms with Gasteiger partial charge >= 0.3 is 0 Å². The Hall–Kier alpha value is -3.38. The number of aliphatic hydroxyl groups is 1. The van der Waals surface area contributed by atoms with E-state index in [2.05, 4.69) is 6.92 Å². The number of benzene rings is 2. The second-order valence-corrected chi connectivity index (χ2v) is 7.89. The summed E-state index contributed by atoms with van der Waals surface area (Å²) >= 11 is 0. The number of allylic oxidation sites excluding steroid dienone is 1. The van der Waals surface area contributed by atoms with Crippen molar-refractivity contribution in [3.05, 3.63) is 83.1 Å². The van der Waals surface area contributed by atoms with Crippen LogP contribution in [0.4, 0.5) is 0 Å². The summed E-state index contributed by atoms with van der Waals surface area (Å²) in [7, 11) is 1.54. The van der Waals surface area contributed by atoms with Crippen molar-refractivity contribution in [3.8, 4) is 5.75 Å². The van der Waals surface area contributed by atoms with Crippen molar-refractivity contribution in [2.45, 2.75) is 32.2 Å². The zero-order valence-electron chi connectivity index (χ0n) is 19.2. The number of ether oxygens (including phenoxy) is 2. The van der Waals surface area contributed by atoms with Gasteiger partial charge in [0.05, 0.1) is 24.8 Å². The lowest BCUT2D eigenvalue weighted by atomic mass is 9.95. The van der Waals surface area contributed by atoms with Gasteiger partial charge in [-0.3, -0.25) is 9.59 Å². The second kappa shape index (κ2) is 12.0. The minimum Gasteiger partial charge on any atom is -0.503 e. The number of unbranched alkanes of at least 4 members (excludes halogenated alkanes) is 2. The Kier molecular flexibility index (Phi) is 8.84. The summed E-state index contributed by atoms with van der Waals surface area (Å²) in [6.07, 6.45) is 6.30. The third-order valence-corrected chi connectivity index (χ3v) is 5.54. The quantitative estimate of drug-likeness (QED) is 0.369. The number of rotatable bonds is 12. The highest BCUT2D eigenvalue weighted by atomic mass is 16.5. The first-order valence-electron chi connectivity index (χ1n) is 11.3. The Morgan fingerprint density at radius 3 is 2.45 bits per heavy atom. The van der Waals surface area contributed by atoms with Crippen molar-refractivity contribution in [1.82, 2.24) is 4.90 Å². The van der Waals surface area contributed by atoms with E-state index in [1.165, 1.54) is 11.0 Å². The third kappa shape index (κ3) is 6.11. The molecule has 0 aromatic heterocycles. The lowest BCUT2D eigenvalue weighted by Gasteiger charge is -2.26. The maximum Gasteiger partial charge on any atom is 0.290 e. The molecule has 2 aromatic carbocycles. The molecule has 0 saturated heterocycles. The predicted molar refractivity (Wildman–Crippen MR) is 128 cm³/mol. The van der Waals surface area contributed by atoms with Gasteiger partial charge in [0.25, 0.3) is 5.91 Å². The van der Waals surface area contributed by atoms with Crippen molar-refractivity contribution in [2.75, 3.05) is 26.9 Å². The summed E-state index contributed by atoms with van der Waals surface area (Å²) < 4.78 is 10.9. The smallest absolute Gasteiger partial charge is 0.290 e. The summed E-state index contributed by atoms with van der Waals surface area (Å²) in [5, 5.41) is 10.6. The van der Waals surface area contributed by atoms with Crippen LogP contribution in [0.25, 0.3) is 6.08 Å². The van der Waals surface area contributed by atoms with E-state index in [4.69, 9.17) is 9.47 Å². The Bertz CT molecular complexity index is 995. The largest absolute Gasteiger partial charge is 0.503 e. The van der Waals surface area contributed by atoms with Crippen LogP contribution < -0.4 is 4.74 Å². The van der Waals surface area contributed by atoms with E-state index < -0.39 is 23.5 Å². The molecule has 1 aliphatic heterocycles. The Balaban J connectivity index is 1.86. The number of amides is 1. The zero-order valence-corrected chi connectivity index (χ0v) is 19.2. The van der Waals surface area contributed by atoms with Crippen molar-refractivity contribution in [2.24, 2.45) is 0 Å². The van der Waals surface area contributed by atoms with E-state index in [9.17, 15) is 14.7 Å². The molecule has 0 saturated carbocycles. The molecule has 6 heteroatoms. The number of nitrogens with zero attached hydrogens (tertiary/aromatic N) is 1. The van der Waals surface area contributed by atoms with Crippen LogP contribution in [0, 0.1) is 0 Å². The van der Waals surface area contributed by atoms with Crippen LogP contribution in [0.1, 0.15) is 43.4 Å². The summed E-state index contributed by atoms with van der Waals surface area (Å²) in [6.45, 7) is 3.32. The molecule has 1 atom stereocenters. The highest BCUT2D eigenvalue weighted by Gasteiger charge is 2.42. The van der Waals surface area contributed by atoms with Crippen molar-refractivity contribution >= 4 is 17.8 Å². The number of carbonyl (C=O) groups is 2. The van der Waals surface area contributed by atoms with E-state index in [1.807, 2.05) is 54.6 Å². The fourth-order valence-electron chi connectivity index (χ4n) is 3.79. The minimum atomic E-state index is -0.699. The maximum absolute atomic E-state index is 13.1. The number of ketones is 1. The molecule has 1 N–H and O–H groups in total. The van der Waals surface area contributed by atoms with Crippen molar-refractivity contribution < 1.29 is 24.2 Å². The van der Waals surface area contributed by atoms with Crippen molar-refractivity contribution in [3.63, 3.8) is 0 Å². The first kappa shape index (κ1) is 24.3. The average Bonchev–Trinajstić information content (AvgIpc) is 3.10. The monoisotopic (exact) mass is 449 g/mol. The van der Waals surface area contributed by atoms with Crippen molar-refractivity contribution in [1.29, 1.82) is 0 Å². The summed E-state index contributed by atoms with van der Waals surface area (Å²) in [6, 6.07) is 16.0. The fraction of sp³-hybridized carbons (Fsp3) is 0.333. The molecule has 1 aliphatic rings. The molecule has 33 heavy (non-hydrogen) atoms. The number of aliphatic hydroxyl groups excluding tert-OH is 1. The number of methoxy groups -OCH3 is 1. The van der Waals surface area contributed by atoms with E-state index >= 15 is 0 Å². The van der Waals surface area contributed by atoms with Gasteiger partial charge in [0.15, 0.2) is 11.5 Å². The molecular formula is C27H31NO5. The number of hydrogen-bond acceptors (Lipinski definition) is 5. The van der Waals surface area contributed by atoms with Gasteiger partial charge in [-0.15, -0.1) is 0 Å². The predicted octanol–water partition coefficient (Wildman–Crippen LogP) is 4.88. The van der Waals surface area contributed by atoms with Gasteiger partial charge in [-0.25, -0.2) is 0 Å². The average molecular weight is 450 g/mol. The highest BCUT2D eigenvalue weighted by Crippen LogP contribution is 2.38. The van der Waals surface area contributed by atoms with Gasteiger partial charge in [-0.1, -0.05) is 68.3 Å². The van der Waals surface area contributed by atoms with Gasteiger partial charge in [0.2, 0.25) is 0 Å². The molecule has 1 amide bonds. The molecule has 174 valence electrons. The van der Waals surface area contributed by atoms with Crippen LogP contribution in [0.15, 0.2) is 72.0 Å². The molecule has 0 bridgehead atoms.